The lowest BCUT2D eigenvalue weighted by atomic mass is 9.94. The molecule has 0 bridgehead atoms. The van der Waals surface area contributed by atoms with Crippen LogP contribution in [0.1, 0.15) is 20.0 Å². The summed E-state index contributed by atoms with van der Waals surface area (Å²) in [6, 6.07) is 10.6. The number of methoxy groups -OCH3 is 1. The number of amides is 1. The fourth-order valence-corrected chi connectivity index (χ4v) is 4.39. The van der Waals surface area contributed by atoms with Gasteiger partial charge in [0.1, 0.15) is 11.8 Å². The lowest BCUT2D eigenvalue weighted by Crippen LogP contribution is -2.42. The predicted molar refractivity (Wildman–Crippen MR) is 133 cm³/mol. The van der Waals surface area contributed by atoms with Gasteiger partial charge in [0.25, 0.3) is 5.91 Å². The fourth-order valence-electron chi connectivity index (χ4n) is 3.82. The van der Waals surface area contributed by atoms with Crippen LogP contribution in [0.25, 0.3) is 22.0 Å². The molecule has 0 spiro atoms. The SMILES string of the molecule is [2H]C([2H])([2H])Oc1cc(F)c(F)cc1-c1ccc(CC(NC(=O)c2c(Cl)cccc2Cl)C(=O)O)c2ncccc12. The van der Waals surface area contributed by atoms with Crippen molar-refractivity contribution in [2.75, 3.05) is 7.04 Å². The normalized spacial score (nSPS) is 13.4. The van der Waals surface area contributed by atoms with E-state index in [-0.39, 0.29) is 38.7 Å². The van der Waals surface area contributed by atoms with Crippen molar-refractivity contribution in [3.05, 3.63) is 93.6 Å². The molecule has 0 saturated heterocycles. The Morgan fingerprint density at radius 2 is 1.81 bits per heavy atom. The Morgan fingerprint density at radius 1 is 1.08 bits per heavy atom. The number of benzene rings is 3. The highest BCUT2D eigenvalue weighted by molar-refractivity contribution is 6.39. The minimum Gasteiger partial charge on any atom is -0.496 e. The van der Waals surface area contributed by atoms with E-state index in [1.807, 2.05) is 0 Å². The van der Waals surface area contributed by atoms with Crippen molar-refractivity contribution in [2.24, 2.45) is 0 Å². The van der Waals surface area contributed by atoms with E-state index >= 15 is 0 Å². The molecule has 10 heteroatoms. The number of pyridine rings is 1. The Labute approximate surface area is 218 Å². The number of aromatic nitrogens is 1. The van der Waals surface area contributed by atoms with E-state index in [9.17, 15) is 23.5 Å². The molecule has 36 heavy (non-hydrogen) atoms. The average molecular weight is 534 g/mol. The summed E-state index contributed by atoms with van der Waals surface area (Å²) in [7, 11) is -2.94. The van der Waals surface area contributed by atoms with Gasteiger partial charge < -0.3 is 15.2 Å². The van der Waals surface area contributed by atoms with Gasteiger partial charge in [0.15, 0.2) is 11.6 Å². The molecule has 0 fully saturated rings. The summed E-state index contributed by atoms with van der Waals surface area (Å²) in [6.45, 7) is 0. The van der Waals surface area contributed by atoms with Crippen molar-refractivity contribution >= 4 is 46.0 Å². The summed E-state index contributed by atoms with van der Waals surface area (Å²) in [6.07, 6.45) is 1.23. The minimum atomic E-state index is -2.94. The number of hydrogen-bond acceptors (Lipinski definition) is 4. The van der Waals surface area contributed by atoms with E-state index in [0.717, 1.165) is 6.07 Å². The summed E-state index contributed by atoms with van der Waals surface area (Å²) >= 11 is 12.2. The molecule has 4 rings (SSSR count). The minimum absolute atomic E-state index is 0.0437. The highest BCUT2D eigenvalue weighted by Gasteiger charge is 2.25. The number of hydrogen-bond donors (Lipinski definition) is 2. The van der Waals surface area contributed by atoms with Gasteiger partial charge in [-0.15, -0.1) is 0 Å². The predicted octanol–water partition coefficient (Wildman–Crippen LogP) is 5.92. The maximum atomic E-state index is 14.2. The standard InChI is InChI=1S/C26H18Cl2F2N2O4/c1-36-22-12-20(30)19(29)11-16(22)14-8-7-13(24-15(14)4-3-9-31-24)10-21(26(34)35)32-25(33)23-17(27)5-2-6-18(23)28/h2-9,11-12,21H,10H2,1H3,(H,32,33)(H,34,35)/i1D3. The molecular formula is C26H18Cl2F2N2O4. The molecule has 1 unspecified atom stereocenters. The first-order chi connectivity index (χ1) is 18.4. The zero-order valence-corrected chi connectivity index (χ0v) is 19.7. The highest BCUT2D eigenvalue weighted by atomic mass is 35.5. The number of carboxylic acid groups (broad SMARTS) is 1. The number of carboxylic acids is 1. The summed E-state index contributed by atoms with van der Waals surface area (Å²) in [5.41, 5.74) is 0.819. The number of ether oxygens (including phenoxy) is 1. The molecule has 2 N–H and O–H groups in total. The molecule has 1 amide bonds. The average Bonchev–Trinajstić information content (AvgIpc) is 2.85. The Kier molecular flexibility index (Phi) is 6.26. The topological polar surface area (TPSA) is 88.5 Å². The van der Waals surface area contributed by atoms with E-state index in [1.165, 1.54) is 36.5 Å². The van der Waals surface area contributed by atoms with Crippen LogP contribution in [0, 0.1) is 11.6 Å². The number of nitrogens with zero attached hydrogens (tertiary/aromatic N) is 1. The Morgan fingerprint density at radius 3 is 2.50 bits per heavy atom. The molecule has 1 atom stereocenters. The molecule has 0 saturated carbocycles. The van der Waals surface area contributed by atoms with Crippen LogP contribution in [0.3, 0.4) is 0 Å². The third-order valence-electron chi connectivity index (χ3n) is 5.49. The molecule has 3 aromatic carbocycles. The van der Waals surface area contributed by atoms with Crippen LogP contribution in [0.15, 0.2) is 60.8 Å². The second kappa shape index (κ2) is 10.5. The first kappa shape index (κ1) is 21.5. The Balaban J connectivity index is 1.76. The van der Waals surface area contributed by atoms with E-state index in [2.05, 4.69) is 10.3 Å². The number of aliphatic carboxylic acids is 1. The lowest BCUT2D eigenvalue weighted by molar-refractivity contribution is -0.139. The van der Waals surface area contributed by atoms with Crippen LogP contribution in [0.5, 0.6) is 5.75 Å². The third kappa shape index (κ3) is 4.96. The zero-order valence-electron chi connectivity index (χ0n) is 21.2. The molecule has 0 radical (unpaired) electrons. The van der Waals surface area contributed by atoms with Crippen LogP contribution in [0.2, 0.25) is 10.0 Å². The second-order valence-corrected chi connectivity index (χ2v) is 8.52. The molecule has 1 heterocycles. The number of nitrogens with one attached hydrogen (secondary N) is 1. The van der Waals surface area contributed by atoms with Crippen molar-refractivity contribution in [2.45, 2.75) is 12.5 Å². The molecule has 0 aliphatic heterocycles. The number of halogens is 4. The molecule has 0 aliphatic rings. The van der Waals surface area contributed by atoms with Gasteiger partial charge in [-0.25, -0.2) is 13.6 Å². The fraction of sp³-hybridized carbons (Fsp3) is 0.115. The van der Waals surface area contributed by atoms with Crippen molar-refractivity contribution in [1.29, 1.82) is 0 Å². The number of carbonyl (C=O) groups excluding carboxylic acids is 1. The van der Waals surface area contributed by atoms with Gasteiger partial charge in [0.05, 0.1) is 32.3 Å². The lowest BCUT2D eigenvalue weighted by Gasteiger charge is -2.18. The second-order valence-electron chi connectivity index (χ2n) is 7.70. The van der Waals surface area contributed by atoms with E-state index < -0.39 is 42.3 Å². The maximum absolute atomic E-state index is 14.2. The van der Waals surface area contributed by atoms with E-state index in [1.54, 1.807) is 12.1 Å². The number of fused-ring (bicyclic) bond motifs is 1. The van der Waals surface area contributed by atoms with Crippen LogP contribution >= 0.6 is 23.2 Å². The monoisotopic (exact) mass is 533 g/mol. The van der Waals surface area contributed by atoms with Crippen molar-refractivity contribution in [1.82, 2.24) is 10.3 Å². The first-order valence-corrected chi connectivity index (χ1v) is 11.1. The van der Waals surface area contributed by atoms with Crippen molar-refractivity contribution < 1.29 is 32.3 Å². The van der Waals surface area contributed by atoms with Gasteiger partial charge in [0.2, 0.25) is 0 Å². The van der Waals surface area contributed by atoms with E-state index in [0.29, 0.717) is 17.0 Å². The summed E-state index contributed by atoms with van der Waals surface area (Å²) in [5.74, 6) is -5.07. The molecule has 0 aliphatic carbocycles. The van der Waals surface area contributed by atoms with Crippen LogP contribution in [-0.2, 0) is 11.2 Å². The van der Waals surface area contributed by atoms with Gasteiger partial charge in [-0.2, -0.15) is 0 Å². The van der Waals surface area contributed by atoms with Crippen LogP contribution in [-0.4, -0.2) is 35.0 Å². The first-order valence-electron chi connectivity index (χ1n) is 11.9. The summed E-state index contributed by atoms with van der Waals surface area (Å²) in [4.78, 5) is 29.2. The Bertz CT molecular complexity index is 1580. The molecular weight excluding hydrogens is 513 g/mol. The quantitative estimate of drug-likeness (QED) is 0.307. The van der Waals surface area contributed by atoms with Gasteiger partial charge in [-0.3, -0.25) is 9.78 Å². The van der Waals surface area contributed by atoms with Gasteiger partial charge >= 0.3 is 5.97 Å². The van der Waals surface area contributed by atoms with E-state index in [4.69, 9.17) is 32.1 Å². The van der Waals surface area contributed by atoms with Crippen molar-refractivity contribution in [3.63, 3.8) is 0 Å². The van der Waals surface area contributed by atoms with Crippen LogP contribution in [0.4, 0.5) is 8.78 Å². The van der Waals surface area contributed by atoms with Crippen molar-refractivity contribution in [3.8, 4) is 16.9 Å². The maximum Gasteiger partial charge on any atom is 0.326 e. The largest absolute Gasteiger partial charge is 0.496 e. The third-order valence-corrected chi connectivity index (χ3v) is 6.12. The number of carbonyl (C=O) groups is 2. The molecule has 1 aromatic heterocycles. The van der Waals surface area contributed by atoms with Crippen LogP contribution < -0.4 is 10.1 Å². The summed E-state index contributed by atoms with van der Waals surface area (Å²) in [5, 5.41) is 12.7. The van der Waals surface area contributed by atoms with Gasteiger partial charge in [-0.05, 0) is 35.4 Å². The number of rotatable bonds is 7. The molecule has 6 nitrogen and oxygen atoms in total. The smallest absolute Gasteiger partial charge is 0.326 e. The Hall–Kier alpha value is -3.75. The summed E-state index contributed by atoms with van der Waals surface area (Å²) < 4.78 is 55.3. The van der Waals surface area contributed by atoms with Gasteiger partial charge in [0, 0.05) is 29.6 Å². The highest BCUT2D eigenvalue weighted by Crippen LogP contribution is 2.37. The molecule has 184 valence electrons. The molecule has 4 aromatic rings. The van der Waals surface area contributed by atoms with Gasteiger partial charge in [-0.1, -0.05) is 47.5 Å². The zero-order chi connectivity index (χ0) is 28.5.